The lowest BCUT2D eigenvalue weighted by atomic mass is 10.1. The number of benzene rings is 2. The second kappa shape index (κ2) is 8.44. The van der Waals surface area contributed by atoms with Gasteiger partial charge in [0.2, 0.25) is 6.79 Å². The van der Waals surface area contributed by atoms with Gasteiger partial charge in [0.25, 0.3) is 0 Å². The van der Waals surface area contributed by atoms with Crippen molar-refractivity contribution in [2.45, 2.75) is 12.8 Å². The van der Waals surface area contributed by atoms with E-state index in [0.717, 1.165) is 18.5 Å². The van der Waals surface area contributed by atoms with Crippen molar-refractivity contribution >= 4 is 23.2 Å². The Labute approximate surface area is 158 Å². The number of ether oxygens (including phenoxy) is 2. The molecule has 142 valence electrons. The van der Waals surface area contributed by atoms with Crippen molar-refractivity contribution in [3.8, 4) is 11.5 Å². The highest BCUT2D eigenvalue weighted by molar-refractivity contribution is 6.39. The monoisotopic (exact) mass is 369 g/mol. The minimum Gasteiger partial charge on any atom is -0.454 e. The molecule has 2 N–H and O–H groups in total. The van der Waals surface area contributed by atoms with Crippen LogP contribution in [0.3, 0.4) is 0 Å². The summed E-state index contributed by atoms with van der Waals surface area (Å²) in [5, 5.41) is 5.20. The molecular formula is C20H23N3O4. The van der Waals surface area contributed by atoms with Gasteiger partial charge >= 0.3 is 11.8 Å². The lowest BCUT2D eigenvalue weighted by molar-refractivity contribution is -0.136. The zero-order valence-electron chi connectivity index (χ0n) is 15.5. The maximum absolute atomic E-state index is 12.0. The Morgan fingerprint density at radius 2 is 1.74 bits per heavy atom. The van der Waals surface area contributed by atoms with Crippen molar-refractivity contribution in [1.29, 1.82) is 0 Å². The van der Waals surface area contributed by atoms with Gasteiger partial charge in [0, 0.05) is 38.1 Å². The Balaban J connectivity index is 1.40. The SMILES string of the molecule is CN(C)c1ccc(CCCNC(=O)C(=O)Nc2ccc3c(c2)OCO3)cc1. The fraction of sp³-hybridized carbons (Fsp3) is 0.300. The van der Waals surface area contributed by atoms with Gasteiger partial charge in [-0.05, 0) is 42.7 Å². The van der Waals surface area contributed by atoms with E-state index in [0.29, 0.717) is 23.7 Å². The summed E-state index contributed by atoms with van der Waals surface area (Å²) >= 11 is 0. The number of amides is 2. The highest BCUT2D eigenvalue weighted by atomic mass is 16.7. The Kier molecular flexibility index (Phi) is 5.80. The van der Waals surface area contributed by atoms with E-state index >= 15 is 0 Å². The van der Waals surface area contributed by atoms with E-state index in [1.54, 1.807) is 18.2 Å². The topological polar surface area (TPSA) is 79.9 Å². The summed E-state index contributed by atoms with van der Waals surface area (Å²) in [6.45, 7) is 0.591. The maximum atomic E-state index is 12.0. The second-order valence-electron chi connectivity index (χ2n) is 6.44. The van der Waals surface area contributed by atoms with Gasteiger partial charge in [-0.3, -0.25) is 9.59 Å². The molecule has 0 spiro atoms. The van der Waals surface area contributed by atoms with Crippen molar-refractivity contribution < 1.29 is 19.1 Å². The molecule has 1 aliphatic rings. The molecule has 0 saturated carbocycles. The summed E-state index contributed by atoms with van der Waals surface area (Å²) in [7, 11) is 4.00. The van der Waals surface area contributed by atoms with Crippen LogP contribution in [-0.4, -0.2) is 39.2 Å². The van der Waals surface area contributed by atoms with Crippen molar-refractivity contribution in [1.82, 2.24) is 5.32 Å². The molecule has 0 unspecified atom stereocenters. The van der Waals surface area contributed by atoms with Gasteiger partial charge < -0.3 is 25.0 Å². The Morgan fingerprint density at radius 1 is 1.00 bits per heavy atom. The number of rotatable bonds is 6. The van der Waals surface area contributed by atoms with Crippen LogP contribution >= 0.6 is 0 Å². The molecule has 7 nitrogen and oxygen atoms in total. The number of aryl methyl sites for hydroxylation is 1. The molecule has 1 aliphatic heterocycles. The van der Waals surface area contributed by atoms with Crippen molar-refractivity contribution in [2.24, 2.45) is 0 Å². The predicted octanol–water partition coefficient (Wildman–Crippen LogP) is 2.17. The zero-order valence-corrected chi connectivity index (χ0v) is 15.5. The number of nitrogens with one attached hydrogen (secondary N) is 2. The van der Waals surface area contributed by atoms with Gasteiger partial charge in [0.05, 0.1) is 0 Å². The van der Waals surface area contributed by atoms with Gasteiger partial charge in [-0.1, -0.05) is 12.1 Å². The number of fused-ring (bicyclic) bond motifs is 1. The first-order valence-corrected chi connectivity index (χ1v) is 8.78. The molecule has 3 rings (SSSR count). The van der Waals surface area contributed by atoms with Crippen molar-refractivity contribution in [2.75, 3.05) is 37.6 Å². The molecule has 0 atom stereocenters. The number of anilines is 2. The molecule has 7 heteroatoms. The summed E-state index contributed by atoms with van der Waals surface area (Å²) in [4.78, 5) is 26.0. The molecule has 27 heavy (non-hydrogen) atoms. The predicted molar refractivity (Wildman–Crippen MR) is 103 cm³/mol. The first kappa shape index (κ1) is 18.6. The molecule has 2 amide bonds. The highest BCUT2D eigenvalue weighted by Crippen LogP contribution is 2.34. The van der Waals surface area contributed by atoms with Crippen molar-refractivity contribution in [3.05, 3.63) is 48.0 Å². The molecule has 0 aromatic heterocycles. The number of hydrogen-bond donors (Lipinski definition) is 2. The van der Waals surface area contributed by atoms with Crippen LogP contribution in [0.15, 0.2) is 42.5 Å². The molecule has 1 heterocycles. The van der Waals surface area contributed by atoms with Crippen LogP contribution in [0.25, 0.3) is 0 Å². The first-order valence-electron chi connectivity index (χ1n) is 8.78. The summed E-state index contributed by atoms with van der Waals surface area (Å²) in [5.41, 5.74) is 2.83. The van der Waals surface area contributed by atoms with Crippen molar-refractivity contribution in [3.63, 3.8) is 0 Å². The third-order valence-electron chi connectivity index (χ3n) is 4.22. The summed E-state index contributed by atoms with van der Waals surface area (Å²) < 4.78 is 10.5. The van der Waals surface area contributed by atoms with E-state index in [1.165, 1.54) is 5.56 Å². The second-order valence-corrected chi connectivity index (χ2v) is 6.44. The van der Waals surface area contributed by atoms with Crippen LogP contribution in [0.1, 0.15) is 12.0 Å². The molecule has 0 bridgehead atoms. The van der Waals surface area contributed by atoms with E-state index in [9.17, 15) is 9.59 Å². The smallest absolute Gasteiger partial charge is 0.313 e. The van der Waals surface area contributed by atoms with Gasteiger partial charge in [-0.15, -0.1) is 0 Å². The number of carbonyl (C=O) groups is 2. The first-order chi connectivity index (χ1) is 13.0. The quantitative estimate of drug-likeness (QED) is 0.603. The van der Waals surface area contributed by atoms with Crippen LogP contribution in [0.2, 0.25) is 0 Å². The molecule has 0 aliphatic carbocycles. The molecule has 0 saturated heterocycles. The average Bonchev–Trinajstić information content (AvgIpc) is 3.13. The van der Waals surface area contributed by atoms with Gasteiger partial charge in [-0.2, -0.15) is 0 Å². The largest absolute Gasteiger partial charge is 0.454 e. The van der Waals surface area contributed by atoms with E-state index in [-0.39, 0.29) is 6.79 Å². The molecule has 2 aromatic carbocycles. The molecule has 0 fully saturated rings. The number of carbonyl (C=O) groups excluding carboxylic acids is 2. The zero-order chi connectivity index (χ0) is 19.2. The Morgan fingerprint density at radius 3 is 2.48 bits per heavy atom. The lowest BCUT2D eigenvalue weighted by Gasteiger charge is -2.12. The van der Waals surface area contributed by atoms with Gasteiger partial charge in [0.1, 0.15) is 0 Å². The molecular weight excluding hydrogens is 346 g/mol. The summed E-state index contributed by atoms with van der Waals surface area (Å²) in [5.74, 6) is -0.190. The van der Waals surface area contributed by atoms with Crippen LogP contribution < -0.4 is 25.0 Å². The minimum absolute atomic E-state index is 0.158. The maximum Gasteiger partial charge on any atom is 0.313 e. The van der Waals surface area contributed by atoms with E-state index in [1.807, 2.05) is 19.0 Å². The summed E-state index contributed by atoms with van der Waals surface area (Å²) in [6.07, 6.45) is 1.59. The normalized spacial score (nSPS) is 11.8. The summed E-state index contributed by atoms with van der Waals surface area (Å²) in [6, 6.07) is 13.3. The fourth-order valence-corrected chi connectivity index (χ4v) is 2.70. The average molecular weight is 369 g/mol. The van der Waals surface area contributed by atoms with E-state index in [4.69, 9.17) is 9.47 Å². The van der Waals surface area contributed by atoms with Gasteiger partial charge in [-0.25, -0.2) is 0 Å². The third-order valence-corrected chi connectivity index (χ3v) is 4.22. The fourth-order valence-electron chi connectivity index (χ4n) is 2.70. The molecule has 2 aromatic rings. The Hall–Kier alpha value is -3.22. The van der Waals surface area contributed by atoms with Gasteiger partial charge in [0.15, 0.2) is 11.5 Å². The number of hydrogen-bond acceptors (Lipinski definition) is 5. The van der Waals surface area contributed by atoms with Crippen LogP contribution in [0.5, 0.6) is 11.5 Å². The standard InChI is InChI=1S/C20H23N3O4/c1-23(2)16-8-5-14(6-9-16)4-3-11-21-19(24)20(25)22-15-7-10-17-18(12-15)27-13-26-17/h5-10,12H,3-4,11,13H2,1-2H3,(H,21,24)(H,22,25). The van der Waals surface area contributed by atoms with E-state index in [2.05, 4.69) is 34.9 Å². The Bertz CT molecular complexity index is 818. The highest BCUT2D eigenvalue weighted by Gasteiger charge is 2.17. The van der Waals surface area contributed by atoms with Crippen LogP contribution in [-0.2, 0) is 16.0 Å². The van der Waals surface area contributed by atoms with E-state index < -0.39 is 11.8 Å². The molecule has 0 radical (unpaired) electrons. The lowest BCUT2D eigenvalue weighted by Crippen LogP contribution is -2.36. The third kappa shape index (κ3) is 4.91. The number of nitrogens with zero attached hydrogens (tertiary/aromatic N) is 1. The van der Waals surface area contributed by atoms with Crippen LogP contribution in [0.4, 0.5) is 11.4 Å². The minimum atomic E-state index is -0.704. The van der Waals surface area contributed by atoms with Crippen LogP contribution in [0, 0.1) is 0 Å².